The Bertz CT molecular complexity index is 1480. The summed E-state index contributed by atoms with van der Waals surface area (Å²) in [4.78, 5) is 24.7. The van der Waals surface area contributed by atoms with E-state index in [-0.39, 0.29) is 45.5 Å². The number of piperidine rings is 1. The molecule has 15 heteroatoms. The maximum Gasteiger partial charge on any atom is 0.429 e. The van der Waals surface area contributed by atoms with Crippen molar-refractivity contribution in [3.63, 3.8) is 0 Å². The third-order valence-electron chi connectivity index (χ3n) is 8.06. The minimum absolute atomic E-state index is 0.0865. The van der Waals surface area contributed by atoms with Crippen molar-refractivity contribution in [3.05, 3.63) is 52.8 Å². The minimum atomic E-state index is -4.80. The summed E-state index contributed by atoms with van der Waals surface area (Å²) in [6, 6.07) is 6.73. The number of halogens is 4. The highest BCUT2D eigenvalue weighted by Gasteiger charge is 2.46. The second kappa shape index (κ2) is 12.8. The lowest BCUT2D eigenvalue weighted by atomic mass is 9.76. The van der Waals surface area contributed by atoms with Crippen molar-refractivity contribution in [2.45, 2.75) is 44.5 Å². The Morgan fingerprint density at radius 3 is 2.64 bits per heavy atom. The molecule has 3 N–H and O–H groups in total. The summed E-state index contributed by atoms with van der Waals surface area (Å²) in [6.07, 6.45) is -3.47. The normalized spacial score (nSPS) is 19.0. The molecule has 0 bridgehead atoms. The fourth-order valence-electron chi connectivity index (χ4n) is 5.67. The molecule has 2 aromatic heterocycles. The Kier molecular flexibility index (Phi) is 9.23. The number of aryl methyl sites for hydroxylation is 1. The Balaban J connectivity index is 1.30. The molecule has 11 nitrogen and oxygen atoms in total. The van der Waals surface area contributed by atoms with Crippen LogP contribution in [0.25, 0.3) is 5.69 Å². The SMILES string of the molecule is Cc1ccn(-c2cc(Cl)ccc2[C@@H](Oc2cc(N3CCC4(CC3)CNC(C(=O)OCCN(C)C)C4)nc(N)n2)C(F)(F)F)n1. The highest BCUT2D eigenvalue weighted by Crippen LogP contribution is 2.42. The number of ether oxygens (including phenoxy) is 2. The number of esters is 1. The number of hydrogen-bond donors (Lipinski definition) is 2. The van der Waals surface area contributed by atoms with E-state index in [1.807, 2.05) is 23.9 Å². The molecule has 2 aliphatic rings. The van der Waals surface area contributed by atoms with Crippen LogP contribution in [0.1, 0.15) is 36.6 Å². The van der Waals surface area contributed by atoms with Gasteiger partial charge in [-0.2, -0.15) is 28.2 Å². The van der Waals surface area contributed by atoms with Gasteiger partial charge in [-0.1, -0.05) is 17.7 Å². The molecule has 1 spiro atoms. The van der Waals surface area contributed by atoms with E-state index in [1.54, 1.807) is 19.2 Å². The molecule has 0 radical (unpaired) electrons. The van der Waals surface area contributed by atoms with E-state index in [1.165, 1.54) is 28.9 Å². The third kappa shape index (κ3) is 7.36. The number of likely N-dealkylation sites (N-methyl/N-ethyl adjacent to an activating group) is 1. The number of anilines is 2. The molecule has 4 heterocycles. The van der Waals surface area contributed by atoms with Crippen LogP contribution >= 0.6 is 11.6 Å². The second-order valence-corrected chi connectivity index (χ2v) is 12.1. The van der Waals surface area contributed by atoms with Crippen molar-refractivity contribution < 1.29 is 27.4 Å². The summed E-state index contributed by atoms with van der Waals surface area (Å²) in [5.74, 6) is -0.397. The smallest absolute Gasteiger partial charge is 0.429 e. The first-order chi connectivity index (χ1) is 20.8. The van der Waals surface area contributed by atoms with Crippen LogP contribution in [0.15, 0.2) is 36.5 Å². The van der Waals surface area contributed by atoms with E-state index < -0.39 is 12.3 Å². The first-order valence-corrected chi connectivity index (χ1v) is 14.7. The number of nitrogen functional groups attached to an aromatic ring is 1. The summed E-state index contributed by atoms with van der Waals surface area (Å²) in [5, 5.41) is 7.81. The topological polar surface area (TPSA) is 124 Å². The lowest BCUT2D eigenvalue weighted by molar-refractivity contribution is -0.198. The summed E-state index contributed by atoms with van der Waals surface area (Å²) >= 11 is 6.14. The van der Waals surface area contributed by atoms with Crippen LogP contribution in [0.5, 0.6) is 5.88 Å². The van der Waals surface area contributed by atoms with Gasteiger partial charge >= 0.3 is 12.1 Å². The van der Waals surface area contributed by atoms with Gasteiger partial charge in [0.15, 0.2) is 0 Å². The molecule has 44 heavy (non-hydrogen) atoms. The Labute approximate surface area is 258 Å². The summed E-state index contributed by atoms with van der Waals surface area (Å²) in [5.41, 5.74) is 6.43. The maximum atomic E-state index is 14.5. The molecular weight excluding hydrogens is 601 g/mol. The molecular formula is C29H36ClF3N8O3. The number of hydrogen-bond acceptors (Lipinski definition) is 10. The molecule has 238 valence electrons. The molecule has 2 aliphatic heterocycles. The van der Waals surface area contributed by atoms with E-state index in [0.29, 0.717) is 50.7 Å². The van der Waals surface area contributed by atoms with Gasteiger partial charge < -0.3 is 30.3 Å². The third-order valence-corrected chi connectivity index (χ3v) is 8.30. The summed E-state index contributed by atoms with van der Waals surface area (Å²) in [7, 11) is 3.83. The zero-order chi connectivity index (χ0) is 31.6. The van der Waals surface area contributed by atoms with Gasteiger partial charge in [-0.25, -0.2) is 4.68 Å². The van der Waals surface area contributed by atoms with E-state index in [0.717, 1.165) is 12.8 Å². The van der Waals surface area contributed by atoms with Crippen LogP contribution in [-0.2, 0) is 9.53 Å². The molecule has 5 rings (SSSR count). The highest BCUT2D eigenvalue weighted by molar-refractivity contribution is 6.30. The lowest BCUT2D eigenvalue weighted by Gasteiger charge is -2.39. The Morgan fingerprint density at radius 2 is 1.98 bits per heavy atom. The van der Waals surface area contributed by atoms with Crippen molar-refractivity contribution in [2.75, 3.05) is 57.5 Å². The first-order valence-electron chi connectivity index (χ1n) is 14.3. The van der Waals surface area contributed by atoms with Gasteiger partial charge in [-0.15, -0.1) is 0 Å². The predicted octanol–water partition coefficient (Wildman–Crippen LogP) is 3.94. The van der Waals surface area contributed by atoms with E-state index >= 15 is 0 Å². The average molecular weight is 637 g/mol. The zero-order valence-corrected chi connectivity index (χ0v) is 25.5. The molecule has 2 saturated heterocycles. The zero-order valence-electron chi connectivity index (χ0n) is 24.8. The number of aromatic nitrogens is 4. The Morgan fingerprint density at radius 1 is 1.23 bits per heavy atom. The number of nitrogens with two attached hydrogens (primary N) is 1. The molecule has 0 saturated carbocycles. The molecule has 2 atom stereocenters. The molecule has 0 aliphatic carbocycles. The van der Waals surface area contributed by atoms with Gasteiger partial charge in [0.1, 0.15) is 18.5 Å². The number of rotatable bonds is 9. The Hall–Kier alpha value is -3.62. The average Bonchev–Trinajstić information content (AvgIpc) is 3.58. The summed E-state index contributed by atoms with van der Waals surface area (Å²) < 4.78 is 55.8. The van der Waals surface area contributed by atoms with Crippen LogP contribution in [0, 0.1) is 12.3 Å². The number of benzene rings is 1. The standard InChI is InChI=1S/C29H36ClF3N8O3/c1-18-6-9-41(38-18)22-14-19(30)4-5-20(22)25(29(31,32)33)44-24-15-23(36-27(34)37-24)40-10-7-28(8-11-40)16-21(35-17-28)26(42)43-13-12-39(2)3/h4-6,9,14-15,21,25,35H,7-8,10-13,16-17H2,1-3H3,(H2,34,36,37)/t21?,25-/m1/s1. The molecule has 3 aromatic rings. The predicted molar refractivity (Wildman–Crippen MR) is 159 cm³/mol. The molecule has 1 aromatic carbocycles. The number of nitrogens with zero attached hydrogens (tertiary/aromatic N) is 6. The number of carbonyl (C=O) groups excluding carboxylic acids is 1. The highest BCUT2D eigenvalue weighted by atomic mass is 35.5. The van der Waals surface area contributed by atoms with Gasteiger partial charge in [0.2, 0.25) is 17.9 Å². The number of alkyl halides is 3. The summed E-state index contributed by atoms with van der Waals surface area (Å²) in [6.45, 7) is 4.55. The van der Waals surface area contributed by atoms with Crippen molar-refractivity contribution in [1.82, 2.24) is 30.0 Å². The fraction of sp³-hybridized carbons (Fsp3) is 0.517. The number of nitrogens with one attached hydrogen (secondary N) is 1. The van der Waals surface area contributed by atoms with E-state index in [4.69, 9.17) is 26.8 Å². The van der Waals surface area contributed by atoms with Crippen molar-refractivity contribution in [3.8, 4) is 11.6 Å². The van der Waals surface area contributed by atoms with Gasteiger partial charge in [0.25, 0.3) is 0 Å². The van der Waals surface area contributed by atoms with Crippen LogP contribution in [0.3, 0.4) is 0 Å². The minimum Gasteiger partial charge on any atom is -0.463 e. The van der Waals surface area contributed by atoms with E-state index in [2.05, 4.69) is 20.4 Å². The van der Waals surface area contributed by atoms with Crippen LogP contribution in [0.2, 0.25) is 5.02 Å². The van der Waals surface area contributed by atoms with Crippen molar-refractivity contribution in [1.29, 1.82) is 0 Å². The van der Waals surface area contributed by atoms with Gasteiger partial charge in [-0.3, -0.25) is 4.79 Å². The second-order valence-electron chi connectivity index (χ2n) is 11.7. The number of carbonyl (C=O) groups is 1. The van der Waals surface area contributed by atoms with Crippen molar-refractivity contribution in [2.24, 2.45) is 5.41 Å². The van der Waals surface area contributed by atoms with E-state index in [9.17, 15) is 18.0 Å². The first kappa shape index (κ1) is 31.8. The van der Waals surface area contributed by atoms with Crippen molar-refractivity contribution >= 4 is 29.3 Å². The van der Waals surface area contributed by atoms with Gasteiger partial charge in [0.05, 0.1) is 11.4 Å². The molecule has 2 fully saturated rings. The quantitative estimate of drug-likeness (QED) is 0.334. The largest absolute Gasteiger partial charge is 0.463 e. The van der Waals surface area contributed by atoms with Crippen LogP contribution < -0.4 is 20.7 Å². The molecule has 1 unspecified atom stereocenters. The van der Waals surface area contributed by atoms with Crippen LogP contribution in [0.4, 0.5) is 24.9 Å². The molecule has 0 amide bonds. The monoisotopic (exact) mass is 636 g/mol. The van der Waals surface area contributed by atoms with Crippen LogP contribution in [-0.4, -0.2) is 89.7 Å². The van der Waals surface area contributed by atoms with Gasteiger partial charge in [0, 0.05) is 49.0 Å². The lowest BCUT2D eigenvalue weighted by Crippen LogP contribution is -2.41. The van der Waals surface area contributed by atoms with Gasteiger partial charge in [-0.05, 0) is 63.9 Å². The fourth-order valence-corrected chi connectivity index (χ4v) is 5.84. The maximum absolute atomic E-state index is 14.5.